The van der Waals surface area contributed by atoms with Crippen molar-refractivity contribution in [2.24, 2.45) is 0 Å². The van der Waals surface area contributed by atoms with Gasteiger partial charge in [0.05, 0.1) is 5.02 Å². The Morgan fingerprint density at radius 2 is 2.22 bits per heavy atom. The van der Waals surface area contributed by atoms with Gasteiger partial charge in [-0.25, -0.2) is 0 Å². The van der Waals surface area contributed by atoms with Crippen molar-refractivity contribution < 1.29 is 0 Å². The van der Waals surface area contributed by atoms with Gasteiger partial charge in [0, 0.05) is 29.5 Å². The van der Waals surface area contributed by atoms with Gasteiger partial charge in [0.25, 0.3) is 0 Å². The van der Waals surface area contributed by atoms with Gasteiger partial charge in [-0.15, -0.1) is 0 Å². The van der Waals surface area contributed by atoms with Crippen LogP contribution in [-0.2, 0) is 6.54 Å². The number of nitrogens with one attached hydrogen (secondary N) is 1. The van der Waals surface area contributed by atoms with Gasteiger partial charge in [-0.05, 0) is 52.2 Å². The second kappa shape index (κ2) is 6.32. The second-order valence-corrected chi connectivity index (χ2v) is 5.40. The van der Waals surface area contributed by atoms with Gasteiger partial charge >= 0.3 is 0 Å². The normalized spacial score (nSPS) is 12.4. The maximum atomic E-state index is 5.96. The molecule has 0 saturated carbocycles. The second-order valence-electron chi connectivity index (χ2n) is 4.14. The highest BCUT2D eigenvalue weighted by Gasteiger charge is 2.05. The monoisotopic (exact) mass is 324 g/mol. The molecule has 0 fully saturated rings. The molecule has 2 nitrogen and oxygen atoms in total. The lowest BCUT2D eigenvalue weighted by molar-refractivity contribution is 0.573. The van der Waals surface area contributed by atoms with Gasteiger partial charge < -0.3 is 5.32 Å². The molecule has 1 N–H and O–H groups in total. The van der Waals surface area contributed by atoms with Crippen LogP contribution >= 0.6 is 27.5 Å². The Kier molecular flexibility index (Phi) is 4.75. The molecular formula is C14H14BrClN2. The lowest BCUT2D eigenvalue weighted by Crippen LogP contribution is -2.18. The van der Waals surface area contributed by atoms with Gasteiger partial charge in [-0.2, -0.15) is 0 Å². The summed E-state index contributed by atoms with van der Waals surface area (Å²) in [6.07, 6.45) is 3.67. The summed E-state index contributed by atoms with van der Waals surface area (Å²) in [7, 11) is 0. The van der Waals surface area contributed by atoms with E-state index in [-0.39, 0.29) is 6.04 Å². The smallest absolute Gasteiger partial charge is 0.0548 e. The summed E-state index contributed by atoms with van der Waals surface area (Å²) in [5.74, 6) is 0. The molecule has 0 unspecified atom stereocenters. The number of hydrogen-bond acceptors (Lipinski definition) is 2. The number of aromatic nitrogens is 1. The van der Waals surface area contributed by atoms with E-state index < -0.39 is 0 Å². The summed E-state index contributed by atoms with van der Waals surface area (Å²) >= 11 is 9.39. The van der Waals surface area contributed by atoms with E-state index in [0.29, 0.717) is 0 Å². The van der Waals surface area contributed by atoms with Gasteiger partial charge in [-0.1, -0.05) is 23.7 Å². The third-order valence-corrected chi connectivity index (χ3v) is 3.99. The molecule has 0 bridgehead atoms. The van der Waals surface area contributed by atoms with Crippen molar-refractivity contribution in [1.82, 2.24) is 10.3 Å². The quantitative estimate of drug-likeness (QED) is 0.904. The van der Waals surface area contributed by atoms with Crippen molar-refractivity contribution in [3.8, 4) is 0 Å². The van der Waals surface area contributed by atoms with Crippen LogP contribution in [0.4, 0.5) is 0 Å². The van der Waals surface area contributed by atoms with Crippen LogP contribution in [0.1, 0.15) is 24.1 Å². The minimum atomic E-state index is 0.271. The highest BCUT2D eigenvalue weighted by atomic mass is 79.9. The van der Waals surface area contributed by atoms with Crippen LogP contribution in [0.3, 0.4) is 0 Å². The molecule has 0 aliphatic heterocycles. The first-order valence-corrected chi connectivity index (χ1v) is 6.91. The highest BCUT2D eigenvalue weighted by Crippen LogP contribution is 2.23. The zero-order valence-corrected chi connectivity index (χ0v) is 12.4. The standard InChI is InChI=1S/C14H14BrClN2/c1-10(12-3-2-6-17-9-12)18-8-11-4-5-14(16)13(15)7-11/h2-7,9-10,18H,8H2,1H3/t10-/m0/s1. The molecule has 2 aromatic rings. The van der Waals surface area contributed by atoms with Crippen molar-refractivity contribution in [3.05, 3.63) is 63.3 Å². The van der Waals surface area contributed by atoms with Gasteiger partial charge in [-0.3, -0.25) is 4.98 Å². The molecule has 0 spiro atoms. The fourth-order valence-corrected chi connectivity index (χ4v) is 2.21. The molecule has 18 heavy (non-hydrogen) atoms. The molecule has 1 aromatic carbocycles. The van der Waals surface area contributed by atoms with E-state index in [0.717, 1.165) is 16.0 Å². The van der Waals surface area contributed by atoms with Crippen LogP contribution in [0.15, 0.2) is 47.2 Å². The summed E-state index contributed by atoms with van der Waals surface area (Å²) in [4.78, 5) is 4.12. The fourth-order valence-electron chi connectivity index (χ4n) is 1.67. The number of halogens is 2. The molecule has 0 aliphatic carbocycles. The summed E-state index contributed by atoms with van der Waals surface area (Å²) in [5.41, 5.74) is 2.38. The molecule has 94 valence electrons. The van der Waals surface area contributed by atoms with Crippen LogP contribution < -0.4 is 5.32 Å². The Morgan fingerprint density at radius 1 is 1.39 bits per heavy atom. The third-order valence-electron chi connectivity index (χ3n) is 2.78. The van der Waals surface area contributed by atoms with Crippen molar-refractivity contribution in [1.29, 1.82) is 0 Å². The van der Waals surface area contributed by atoms with Gasteiger partial charge in [0.15, 0.2) is 0 Å². The summed E-state index contributed by atoms with van der Waals surface area (Å²) < 4.78 is 0.928. The summed E-state index contributed by atoms with van der Waals surface area (Å²) in [6.45, 7) is 2.92. The average Bonchev–Trinajstić information content (AvgIpc) is 2.41. The zero-order chi connectivity index (χ0) is 13.0. The molecule has 4 heteroatoms. The average molecular weight is 326 g/mol. The van der Waals surface area contributed by atoms with E-state index in [4.69, 9.17) is 11.6 Å². The molecule has 0 amide bonds. The lowest BCUT2D eigenvalue weighted by atomic mass is 10.1. The predicted octanol–water partition coefficient (Wildman–Crippen LogP) is 4.35. The van der Waals surface area contributed by atoms with Gasteiger partial charge in [0.2, 0.25) is 0 Å². The van der Waals surface area contributed by atoms with E-state index in [2.05, 4.69) is 39.2 Å². The molecular weight excluding hydrogens is 312 g/mol. The Balaban J connectivity index is 1.97. The van der Waals surface area contributed by atoms with E-state index in [1.54, 1.807) is 6.20 Å². The maximum absolute atomic E-state index is 5.96. The van der Waals surface area contributed by atoms with Crippen molar-refractivity contribution in [2.75, 3.05) is 0 Å². The first-order valence-electron chi connectivity index (χ1n) is 5.74. The summed E-state index contributed by atoms with van der Waals surface area (Å²) in [6, 6.07) is 10.3. The van der Waals surface area contributed by atoms with E-state index in [1.165, 1.54) is 11.1 Å². The van der Waals surface area contributed by atoms with E-state index in [1.807, 2.05) is 30.5 Å². The number of benzene rings is 1. The molecule has 1 aromatic heterocycles. The van der Waals surface area contributed by atoms with Crippen molar-refractivity contribution in [3.63, 3.8) is 0 Å². The first kappa shape index (κ1) is 13.5. The number of nitrogens with zero attached hydrogens (tertiary/aromatic N) is 1. The van der Waals surface area contributed by atoms with Crippen molar-refractivity contribution >= 4 is 27.5 Å². The zero-order valence-electron chi connectivity index (χ0n) is 10.0. The molecule has 2 rings (SSSR count). The molecule has 1 atom stereocenters. The van der Waals surface area contributed by atoms with Crippen LogP contribution in [0.5, 0.6) is 0 Å². The molecule has 0 saturated heterocycles. The lowest BCUT2D eigenvalue weighted by Gasteiger charge is -2.14. The third kappa shape index (κ3) is 3.55. The van der Waals surface area contributed by atoms with E-state index >= 15 is 0 Å². The van der Waals surface area contributed by atoms with Crippen LogP contribution in [0.25, 0.3) is 0 Å². The topological polar surface area (TPSA) is 24.9 Å². The fraction of sp³-hybridized carbons (Fsp3) is 0.214. The minimum Gasteiger partial charge on any atom is -0.306 e. The van der Waals surface area contributed by atoms with Crippen LogP contribution in [-0.4, -0.2) is 4.98 Å². The highest BCUT2D eigenvalue weighted by molar-refractivity contribution is 9.10. The summed E-state index contributed by atoms with van der Waals surface area (Å²) in [5, 5.41) is 4.19. The molecule has 0 aliphatic rings. The van der Waals surface area contributed by atoms with Crippen molar-refractivity contribution in [2.45, 2.75) is 19.5 Å². The van der Waals surface area contributed by atoms with Gasteiger partial charge in [0.1, 0.15) is 0 Å². The Hall–Kier alpha value is -0.900. The number of pyridine rings is 1. The number of hydrogen-bond donors (Lipinski definition) is 1. The predicted molar refractivity (Wildman–Crippen MR) is 78.6 cm³/mol. The first-order chi connectivity index (χ1) is 8.66. The number of rotatable bonds is 4. The molecule has 0 radical (unpaired) electrons. The Morgan fingerprint density at radius 3 is 2.89 bits per heavy atom. The minimum absolute atomic E-state index is 0.271. The Labute approximate surface area is 121 Å². The Bertz CT molecular complexity index is 516. The van der Waals surface area contributed by atoms with E-state index in [9.17, 15) is 0 Å². The largest absolute Gasteiger partial charge is 0.306 e. The van der Waals surface area contributed by atoms with Crippen LogP contribution in [0.2, 0.25) is 5.02 Å². The SMILES string of the molecule is C[C@H](NCc1ccc(Cl)c(Br)c1)c1cccnc1. The van der Waals surface area contributed by atoms with Crippen LogP contribution in [0, 0.1) is 0 Å². The maximum Gasteiger partial charge on any atom is 0.0548 e. The molecule has 1 heterocycles.